The molecule has 0 bridgehead atoms. The third kappa shape index (κ3) is 4.92. The molecule has 1 nitrogen and oxygen atoms in total. The monoisotopic (exact) mass is 456 g/mol. The topological polar surface area (TPSA) is 9.23 Å². The molecule has 0 spiro atoms. The maximum absolute atomic E-state index is 15.0. The summed E-state index contributed by atoms with van der Waals surface area (Å²) in [6.07, 6.45) is 1.76. The summed E-state index contributed by atoms with van der Waals surface area (Å²) in [6, 6.07) is 14.9. The highest BCUT2D eigenvalue weighted by atomic mass is 19.3. The van der Waals surface area contributed by atoms with Crippen LogP contribution in [0.15, 0.2) is 54.6 Å². The largest absolute Gasteiger partial charge is 0.491 e. The van der Waals surface area contributed by atoms with Gasteiger partial charge in [0, 0.05) is 5.56 Å². The highest BCUT2D eigenvalue weighted by Gasteiger charge is 2.24. The van der Waals surface area contributed by atoms with Gasteiger partial charge >= 0.3 is 0 Å². The van der Waals surface area contributed by atoms with E-state index in [1.165, 1.54) is 49.4 Å². The highest BCUT2D eigenvalue weighted by Crippen LogP contribution is 2.39. The maximum atomic E-state index is 15.0. The zero-order valence-electron chi connectivity index (χ0n) is 18.9. The van der Waals surface area contributed by atoms with Gasteiger partial charge in [-0.05, 0) is 72.1 Å². The van der Waals surface area contributed by atoms with Gasteiger partial charge in [0.2, 0.25) is 0 Å². The van der Waals surface area contributed by atoms with Gasteiger partial charge in [-0.2, -0.15) is 0 Å². The lowest BCUT2D eigenvalue weighted by Crippen LogP contribution is -2.10. The Hall–Kier alpha value is -2.82. The Bertz CT molecular complexity index is 1100. The van der Waals surface area contributed by atoms with Crippen molar-refractivity contribution in [1.82, 2.24) is 0 Å². The predicted molar refractivity (Wildman–Crippen MR) is 124 cm³/mol. The average Bonchev–Trinajstić information content (AvgIpc) is 2.81. The van der Waals surface area contributed by atoms with Crippen LogP contribution in [0.25, 0.3) is 22.3 Å². The number of alkyl halides is 2. The van der Waals surface area contributed by atoms with E-state index in [0.29, 0.717) is 11.5 Å². The van der Waals surface area contributed by atoms with Crippen molar-refractivity contribution in [2.75, 3.05) is 6.61 Å². The molecule has 0 atom stereocenters. The Morgan fingerprint density at radius 3 is 2.09 bits per heavy atom. The van der Waals surface area contributed by atoms with Crippen LogP contribution in [0.5, 0.6) is 5.75 Å². The van der Waals surface area contributed by atoms with Crippen molar-refractivity contribution in [3.8, 4) is 28.0 Å². The van der Waals surface area contributed by atoms with Crippen molar-refractivity contribution in [2.24, 2.45) is 5.92 Å². The van der Waals surface area contributed by atoms with E-state index in [1.54, 1.807) is 19.1 Å². The lowest BCUT2D eigenvalue weighted by atomic mass is 9.79. The van der Waals surface area contributed by atoms with Crippen molar-refractivity contribution in [3.63, 3.8) is 0 Å². The van der Waals surface area contributed by atoms with Gasteiger partial charge in [0.25, 0.3) is 6.43 Å². The third-order valence-electron chi connectivity index (χ3n) is 6.65. The van der Waals surface area contributed by atoms with Gasteiger partial charge in [-0.25, -0.2) is 17.6 Å². The fraction of sp³-hybridized carbons (Fsp3) is 0.357. The van der Waals surface area contributed by atoms with Gasteiger partial charge in [-0.15, -0.1) is 0 Å². The molecule has 1 aliphatic rings. The van der Waals surface area contributed by atoms with Crippen molar-refractivity contribution in [2.45, 2.75) is 51.9 Å². The van der Waals surface area contributed by atoms with E-state index in [9.17, 15) is 13.2 Å². The van der Waals surface area contributed by atoms with Gasteiger partial charge in [-0.3, -0.25) is 0 Å². The lowest BCUT2D eigenvalue weighted by Gasteiger charge is -2.26. The van der Waals surface area contributed by atoms with Crippen LogP contribution in [0.4, 0.5) is 17.6 Å². The zero-order valence-corrected chi connectivity index (χ0v) is 18.9. The molecular formula is C28H28F4O. The number of halogens is 4. The van der Waals surface area contributed by atoms with Gasteiger partial charge in [0.15, 0.2) is 11.6 Å². The first-order valence-corrected chi connectivity index (χ1v) is 11.5. The minimum Gasteiger partial charge on any atom is -0.491 e. The maximum Gasteiger partial charge on any atom is 0.267 e. The fourth-order valence-electron chi connectivity index (χ4n) is 4.75. The van der Waals surface area contributed by atoms with Gasteiger partial charge in [0.05, 0.1) is 12.2 Å². The number of benzene rings is 3. The Morgan fingerprint density at radius 1 is 0.848 bits per heavy atom. The molecule has 4 rings (SSSR count). The zero-order chi connectivity index (χ0) is 23.5. The molecule has 0 unspecified atom stereocenters. The first-order chi connectivity index (χ1) is 15.9. The smallest absolute Gasteiger partial charge is 0.267 e. The molecule has 1 saturated carbocycles. The van der Waals surface area contributed by atoms with E-state index < -0.39 is 23.6 Å². The van der Waals surface area contributed by atoms with Crippen LogP contribution in [0.2, 0.25) is 0 Å². The van der Waals surface area contributed by atoms with E-state index in [4.69, 9.17) is 4.74 Å². The molecule has 0 saturated heterocycles. The Kier molecular flexibility index (Phi) is 7.06. The summed E-state index contributed by atoms with van der Waals surface area (Å²) in [6.45, 7) is 4.09. The first-order valence-electron chi connectivity index (χ1n) is 11.5. The molecule has 1 fully saturated rings. The van der Waals surface area contributed by atoms with E-state index in [0.717, 1.165) is 11.5 Å². The number of ether oxygens (including phenoxy) is 1. The van der Waals surface area contributed by atoms with Crippen molar-refractivity contribution in [3.05, 3.63) is 77.4 Å². The SMILES string of the molecule is CCOc1ccc(-c2ccc(-c3ccc(C4CCC(C)CC4)cc3)c(F)c2)c(C(F)F)c1F. The summed E-state index contributed by atoms with van der Waals surface area (Å²) in [7, 11) is 0. The Balaban J connectivity index is 1.62. The van der Waals surface area contributed by atoms with Crippen LogP contribution < -0.4 is 4.74 Å². The molecule has 0 radical (unpaired) electrons. The summed E-state index contributed by atoms with van der Waals surface area (Å²) in [5.74, 6) is -0.559. The molecule has 174 valence electrons. The van der Waals surface area contributed by atoms with Crippen molar-refractivity contribution in [1.29, 1.82) is 0 Å². The van der Waals surface area contributed by atoms with Gasteiger partial charge in [0.1, 0.15) is 5.82 Å². The normalized spacial score (nSPS) is 18.5. The number of rotatable bonds is 6. The molecule has 3 aromatic carbocycles. The molecule has 0 heterocycles. The fourth-order valence-corrected chi connectivity index (χ4v) is 4.75. The summed E-state index contributed by atoms with van der Waals surface area (Å²) in [4.78, 5) is 0. The summed E-state index contributed by atoms with van der Waals surface area (Å²) >= 11 is 0. The second-order valence-electron chi connectivity index (χ2n) is 8.85. The van der Waals surface area contributed by atoms with E-state index in [-0.39, 0.29) is 23.5 Å². The van der Waals surface area contributed by atoms with Crippen LogP contribution >= 0.6 is 0 Å². The average molecular weight is 457 g/mol. The van der Waals surface area contributed by atoms with Crippen LogP contribution in [0.3, 0.4) is 0 Å². The molecular weight excluding hydrogens is 428 g/mol. The first kappa shape index (κ1) is 23.3. The number of hydrogen-bond acceptors (Lipinski definition) is 1. The van der Waals surface area contributed by atoms with Crippen LogP contribution in [0, 0.1) is 17.6 Å². The lowest BCUT2D eigenvalue weighted by molar-refractivity contribution is 0.145. The highest BCUT2D eigenvalue weighted by molar-refractivity contribution is 5.74. The van der Waals surface area contributed by atoms with Crippen LogP contribution in [0.1, 0.15) is 63.0 Å². The molecule has 3 aromatic rings. The second-order valence-corrected chi connectivity index (χ2v) is 8.85. The van der Waals surface area contributed by atoms with E-state index in [1.807, 2.05) is 12.1 Å². The molecule has 0 amide bonds. The van der Waals surface area contributed by atoms with E-state index >= 15 is 4.39 Å². The number of hydrogen-bond donors (Lipinski definition) is 0. The van der Waals surface area contributed by atoms with Crippen molar-refractivity contribution >= 4 is 0 Å². The Morgan fingerprint density at radius 2 is 1.48 bits per heavy atom. The van der Waals surface area contributed by atoms with Gasteiger partial charge in [-0.1, -0.05) is 56.2 Å². The van der Waals surface area contributed by atoms with Gasteiger partial charge < -0.3 is 4.74 Å². The minimum atomic E-state index is -3.06. The minimum absolute atomic E-state index is 0.0433. The second kappa shape index (κ2) is 9.98. The molecule has 33 heavy (non-hydrogen) atoms. The summed E-state index contributed by atoms with van der Waals surface area (Å²) < 4.78 is 62.1. The Labute approximate surface area is 192 Å². The predicted octanol–water partition coefficient (Wildman–Crippen LogP) is 8.93. The quantitative estimate of drug-likeness (QED) is 0.336. The van der Waals surface area contributed by atoms with Crippen molar-refractivity contribution < 1.29 is 22.3 Å². The molecule has 0 aliphatic heterocycles. The summed E-state index contributed by atoms with van der Waals surface area (Å²) in [5.41, 5.74) is 1.75. The third-order valence-corrected chi connectivity index (χ3v) is 6.65. The molecule has 5 heteroatoms. The molecule has 0 aromatic heterocycles. The van der Waals surface area contributed by atoms with Crippen LogP contribution in [-0.2, 0) is 0 Å². The van der Waals surface area contributed by atoms with Crippen LogP contribution in [-0.4, -0.2) is 6.61 Å². The van der Waals surface area contributed by atoms with E-state index in [2.05, 4.69) is 19.1 Å². The summed E-state index contributed by atoms with van der Waals surface area (Å²) in [5, 5.41) is 0. The standard InChI is InChI=1S/C28H28F4O/c1-3-33-25-15-14-23(26(27(25)30)28(31)32)21-12-13-22(24(29)16-21)20-10-8-19(9-11-20)18-6-4-17(2)5-7-18/h8-18,28H,3-7H2,1-2H3. The molecule has 0 N–H and O–H groups in total. The molecule has 1 aliphatic carbocycles.